The molecule has 0 radical (unpaired) electrons. The highest BCUT2D eigenvalue weighted by atomic mass is 32.2. The molecule has 4 rings (SSSR count). The van der Waals surface area contributed by atoms with Crippen molar-refractivity contribution in [3.05, 3.63) is 87.0 Å². The van der Waals surface area contributed by atoms with Crippen LogP contribution in [0.2, 0.25) is 0 Å². The van der Waals surface area contributed by atoms with Gasteiger partial charge in [-0.2, -0.15) is 13.2 Å². The first-order chi connectivity index (χ1) is 16.5. The second-order valence-electron chi connectivity index (χ2n) is 8.54. The van der Waals surface area contributed by atoms with Crippen molar-refractivity contribution in [1.29, 1.82) is 0 Å². The lowest BCUT2D eigenvalue weighted by Crippen LogP contribution is -2.23. The largest absolute Gasteiger partial charge is 0.406 e. The number of ketones is 1. The number of alkyl halides is 3. The number of hydrogen-bond acceptors (Lipinski definition) is 4. The van der Waals surface area contributed by atoms with E-state index in [0.29, 0.717) is 27.4 Å². The highest BCUT2D eigenvalue weighted by molar-refractivity contribution is 7.99. The third-order valence-electron chi connectivity index (χ3n) is 5.88. The fraction of sp³-hybridized carbons (Fsp3) is 0.269. The third kappa shape index (κ3) is 5.05. The number of aromatic nitrogens is 3. The smallest absolute Gasteiger partial charge is 0.339 e. The average Bonchev–Trinajstić information content (AvgIpc) is 3.05. The second-order valence-corrected chi connectivity index (χ2v) is 9.48. The summed E-state index contributed by atoms with van der Waals surface area (Å²) < 4.78 is 41.5. The Kier molecular flexibility index (Phi) is 6.64. The van der Waals surface area contributed by atoms with Gasteiger partial charge in [-0.05, 0) is 57.5 Å². The number of para-hydroxylation sites is 1. The summed E-state index contributed by atoms with van der Waals surface area (Å²) in [7, 11) is 0. The van der Waals surface area contributed by atoms with Crippen molar-refractivity contribution in [2.24, 2.45) is 0 Å². The number of rotatable bonds is 6. The van der Waals surface area contributed by atoms with Crippen molar-refractivity contribution in [3.8, 4) is 5.69 Å². The molecule has 0 saturated carbocycles. The second kappa shape index (κ2) is 9.37. The van der Waals surface area contributed by atoms with Crippen LogP contribution in [0, 0.1) is 27.7 Å². The van der Waals surface area contributed by atoms with Crippen molar-refractivity contribution in [2.45, 2.75) is 45.6 Å². The summed E-state index contributed by atoms with van der Waals surface area (Å²) in [5, 5.41) is 0.803. The summed E-state index contributed by atoms with van der Waals surface area (Å²) in [6.45, 7) is 5.77. The molecule has 2 heterocycles. The monoisotopic (exact) mass is 499 g/mol. The number of carbonyl (C=O) groups excluding carboxylic acids is 1. The lowest BCUT2D eigenvalue weighted by Gasteiger charge is -2.15. The first-order valence-electron chi connectivity index (χ1n) is 10.9. The van der Waals surface area contributed by atoms with Gasteiger partial charge in [-0.15, -0.1) is 0 Å². The molecule has 0 atom stereocenters. The number of carbonyl (C=O) groups is 1. The van der Waals surface area contributed by atoms with Gasteiger partial charge >= 0.3 is 6.18 Å². The zero-order valence-corrected chi connectivity index (χ0v) is 20.5. The Morgan fingerprint density at radius 3 is 2.43 bits per heavy atom. The molecule has 4 aromatic rings. The van der Waals surface area contributed by atoms with Crippen LogP contribution in [-0.2, 0) is 6.54 Å². The normalized spacial score (nSPS) is 11.9. The fourth-order valence-electron chi connectivity index (χ4n) is 4.19. The molecule has 0 unspecified atom stereocenters. The van der Waals surface area contributed by atoms with Crippen LogP contribution in [0.15, 0.2) is 58.5 Å². The molecule has 182 valence electrons. The molecule has 35 heavy (non-hydrogen) atoms. The van der Waals surface area contributed by atoms with Crippen LogP contribution in [0.4, 0.5) is 13.2 Å². The van der Waals surface area contributed by atoms with Gasteiger partial charge in [-0.1, -0.05) is 41.6 Å². The maximum Gasteiger partial charge on any atom is 0.406 e. The molecule has 0 bridgehead atoms. The minimum absolute atomic E-state index is 0.0774. The summed E-state index contributed by atoms with van der Waals surface area (Å²) in [4.78, 5) is 31.2. The minimum Gasteiger partial charge on any atom is -0.339 e. The number of nitrogens with zero attached hydrogens (tertiary/aromatic N) is 3. The highest BCUT2D eigenvalue weighted by Gasteiger charge is 2.30. The van der Waals surface area contributed by atoms with Gasteiger partial charge in [0.25, 0.3) is 5.56 Å². The Labute approximate surface area is 204 Å². The number of hydrogen-bond donors (Lipinski definition) is 0. The van der Waals surface area contributed by atoms with Crippen LogP contribution >= 0.6 is 11.8 Å². The number of halogens is 3. The Morgan fingerprint density at radius 1 is 1.03 bits per heavy atom. The average molecular weight is 500 g/mol. The van der Waals surface area contributed by atoms with E-state index in [4.69, 9.17) is 0 Å². The van der Waals surface area contributed by atoms with Crippen molar-refractivity contribution in [1.82, 2.24) is 14.1 Å². The SMILES string of the molecule is Cc1ccc(-n2c(SCC(=O)c3cc(C)n(CC(F)(F)F)c3C)nc3ccccc3c2=O)c(C)c1. The Morgan fingerprint density at radius 2 is 1.74 bits per heavy atom. The number of benzene rings is 2. The number of Topliss-reactive ketones (excluding diaryl/α,β-unsaturated/α-hetero) is 1. The van der Waals surface area contributed by atoms with Crippen LogP contribution in [0.1, 0.15) is 32.9 Å². The Hall–Kier alpha value is -3.33. The quantitative estimate of drug-likeness (QED) is 0.187. The predicted octanol–water partition coefficient (Wildman–Crippen LogP) is 5.96. The highest BCUT2D eigenvalue weighted by Crippen LogP contribution is 2.27. The van der Waals surface area contributed by atoms with Crippen LogP contribution < -0.4 is 5.56 Å². The number of fused-ring (bicyclic) bond motifs is 1. The maximum absolute atomic E-state index is 13.5. The van der Waals surface area contributed by atoms with E-state index in [1.807, 2.05) is 32.0 Å². The fourth-order valence-corrected chi connectivity index (χ4v) is 5.08. The van der Waals surface area contributed by atoms with Gasteiger partial charge in [0.05, 0.1) is 22.3 Å². The van der Waals surface area contributed by atoms with Crippen LogP contribution in [-0.4, -0.2) is 31.8 Å². The van der Waals surface area contributed by atoms with Gasteiger partial charge in [-0.3, -0.25) is 14.2 Å². The standard InChI is InChI=1S/C26H24F3N3O2S/c1-15-9-10-22(16(2)11-15)32-24(34)19-7-5-6-8-21(19)30-25(32)35-13-23(33)20-12-17(3)31(18(20)4)14-26(27,28)29/h5-12H,13-14H2,1-4H3. The van der Waals surface area contributed by atoms with E-state index in [0.717, 1.165) is 27.5 Å². The topological polar surface area (TPSA) is 56.9 Å². The lowest BCUT2D eigenvalue weighted by molar-refractivity contribution is -0.141. The van der Waals surface area contributed by atoms with E-state index < -0.39 is 12.7 Å². The summed E-state index contributed by atoms with van der Waals surface area (Å²) in [5.41, 5.74) is 3.72. The van der Waals surface area contributed by atoms with Crippen molar-refractivity contribution < 1.29 is 18.0 Å². The van der Waals surface area contributed by atoms with E-state index in [1.54, 1.807) is 31.2 Å². The van der Waals surface area contributed by atoms with Gasteiger partial charge in [-0.25, -0.2) is 4.98 Å². The van der Waals surface area contributed by atoms with E-state index >= 15 is 0 Å². The predicted molar refractivity (Wildman–Crippen MR) is 132 cm³/mol. The molecule has 0 saturated heterocycles. The molecule has 5 nitrogen and oxygen atoms in total. The molecule has 0 spiro atoms. The van der Waals surface area contributed by atoms with Crippen LogP contribution in [0.3, 0.4) is 0 Å². The molecule has 0 aliphatic carbocycles. The van der Waals surface area contributed by atoms with Gasteiger partial charge < -0.3 is 4.57 Å². The van der Waals surface area contributed by atoms with Gasteiger partial charge in [0.1, 0.15) is 6.54 Å². The molecule has 0 amide bonds. The summed E-state index contributed by atoms with van der Waals surface area (Å²) in [6.07, 6.45) is -4.39. The Balaban J connectivity index is 1.73. The molecular weight excluding hydrogens is 475 g/mol. The van der Waals surface area contributed by atoms with Crippen molar-refractivity contribution >= 4 is 28.4 Å². The van der Waals surface area contributed by atoms with E-state index in [-0.39, 0.29) is 28.4 Å². The first kappa shape index (κ1) is 24.8. The van der Waals surface area contributed by atoms with Crippen LogP contribution in [0.5, 0.6) is 0 Å². The molecule has 9 heteroatoms. The zero-order valence-electron chi connectivity index (χ0n) is 19.7. The van der Waals surface area contributed by atoms with E-state index in [9.17, 15) is 22.8 Å². The number of aryl methyl sites for hydroxylation is 3. The lowest BCUT2D eigenvalue weighted by atomic mass is 10.1. The molecule has 0 aliphatic rings. The first-order valence-corrected chi connectivity index (χ1v) is 11.9. The number of thioether (sulfide) groups is 1. The summed E-state index contributed by atoms with van der Waals surface area (Å²) in [5.74, 6) is -0.405. The van der Waals surface area contributed by atoms with Crippen LogP contribution in [0.25, 0.3) is 16.6 Å². The molecule has 0 N–H and O–H groups in total. The molecule has 0 aliphatic heterocycles. The molecule has 2 aromatic heterocycles. The summed E-state index contributed by atoms with van der Waals surface area (Å²) >= 11 is 1.09. The van der Waals surface area contributed by atoms with Crippen molar-refractivity contribution in [2.75, 3.05) is 5.75 Å². The molecule has 0 fully saturated rings. The summed E-state index contributed by atoms with van der Waals surface area (Å²) in [6, 6.07) is 14.2. The third-order valence-corrected chi connectivity index (χ3v) is 6.82. The molecule has 2 aromatic carbocycles. The van der Waals surface area contributed by atoms with E-state index in [2.05, 4.69) is 4.98 Å². The van der Waals surface area contributed by atoms with Gasteiger partial charge in [0.2, 0.25) is 0 Å². The van der Waals surface area contributed by atoms with E-state index in [1.165, 1.54) is 17.6 Å². The van der Waals surface area contributed by atoms with Gasteiger partial charge in [0.15, 0.2) is 10.9 Å². The Bertz CT molecular complexity index is 1500. The van der Waals surface area contributed by atoms with Gasteiger partial charge in [0, 0.05) is 17.0 Å². The van der Waals surface area contributed by atoms with Crippen molar-refractivity contribution in [3.63, 3.8) is 0 Å². The zero-order chi connectivity index (χ0) is 25.5. The molecular formula is C26H24F3N3O2S. The maximum atomic E-state index is 13.5. The minimum atomic E-state index is -4.39.